The largest absolute Gasteiger partial charge is 0.324 e. The van der Waals surface area contributed by atoms with Crippen LogP contribution in [0.25, 0.3) is 12.2 Å². The van der Waals surface area contributed by atoms with Gasteiger partial charge in [0.2, 0.25) is 0 Å². The van der Waals surface area contributed by atoms with Crippen molar-refractivity contribution < 1.29 is 0 Å². The van der Waals surface area contributed by atoms with Crippen LogP contribution in [0.4, 0.5) is 5.69 Å². The fraction of sp³-hybridized carbons (Fsp3) is 0. The van der Waals surface area contributed by atoms with Crippen LogP contribution >= 0.6 is 0 Å². The summed E-state index contributed by atoms with van der Waals surface area (Å²) < 4.78 is 0. The highest BCUT2D eigenvalue weighted by molar-refractivity contribution is 5.76. The van der Waals surface area contributed by atoms with Gasteiger partial charge in [0.1, 0.15) is 0 Å². The van der Waals surface area contributed by atoms with Crippen molar-refractivity contribution in [1.29, 1.82) is 0 Å². The molecule has 0 aromatic heterocycles. The molecule has 0 saturated carbocycles. The third-order valence-electron chi connectivity index (χ3n) is 2.37. The number of hydrogen-bond donors (Lipinski definition) is 2. The molecule has 0 aliphatic heterocycles. The Morgan fingerprint density at radius 3 is 2.25 bits per heavy atom. The monoisotopic (exact) mass is 210 g/mol. The number of benzene rings is 2. The molecule has 0 aliphatic carbocycles. The number of nitrogen functional groups attached to an aromatic ring is 1. The van der Waals surface area contributed by atoms with E-state index in [9.17, 15) is 0 Å². The summed E-state index contributed by atoms with van der Waals surface area (Å²) >= 11 is 0. The third-order valence-corrected chi connectivity index (χ3v) is 2.37. The number of para-hydroxylation sites is 1. The Hall–Kier alpha value is -2.06. The number of hydrogen-bond acceptors (Lipinski definition) is 2. The second-order valence-electron chi connectivity index (χ2n) is 3.48. The zero-order chi connectivity index (χ0) is 11.2. The van der Waals surface area contributed by atoms with Crippen LogP contribution in [0.5, 0.6) is 0 Å². The fourth-order valence-electron chi connectivity index (χ4n) is 1.52. The molecule has 0 fully saturated rings. The van der Waals surface area contributed by atoms with Gasteiger partial charge >= 0.3 is 0 Å². The lowest BCUT2D eigenvalue weighted by atomic mass is 10.1. The summed E-state index contributed by atoms with van der Waals surface area (Å²) in [4.78, 5) is 0. The van der Waals surface area contributed by atoms with Crippen molar-refractivity contribution in [2.45, 2.75) is 0 Å². The molecule has 2 aromatic carbocycles. The van der Waals surface area contributed by atoms with Crippen molar-refractivity contribution in [2.24, 2.45) is 5.84 Å². The van der Waals surface area contributed by atoms with Gasteiger partial charge < -0.3 is 5.43 Å². The average Bonchev–Trinajstić information content (AvgIpc) is 2.38. The van der Waals surface area contributed by atoms with E-state index in [0.29, 0.717) is 0 Å². The van der Waals surface area contributed by atoms with Crippen LogP contribution in [0, 0.1) is 0 Å². The molecule has 0 heterocycles. The van der Waals surface area contributed by atoms with Gasteiger partial charge in [-0.05, 0) is 17.2 Å². The van der Waals surface area contributed by atoms with E-state index >= 15 is 0 Å². The molecule has 2 rings (SSSR count). The maximum atomic E-state index is 5.44. The molecule has 16 heavy (non-hydrogen) atoms. The lowest BCUT2D eigenvalue weighted by Crippen LogP contribution is -2.07. The van der Waals surface area contributed by atoms with E-state index in [0.717, 1.165) is 11.3 Å². The first-order valence-corrected chi connectivity index (χ1v) is 5.19. The van der Waals surface area contributed by atoms with Gasteiger partial charge in [0.05, 0.1) is 5.69 Å². The highest BCUT2D eigenvalue weighted by Crippen LogP contribution is 2.16. The maximum absolute atomic E-state index is 5.44. The fourth-order valence-corrected chi connectivity index (χ4v) is 1.52. The molecule has 80 valence electrons. The van der Waals surface area contributed by atoms with Gasteiger partial charge in [-0.2, -0.15) is 0 Å². The first-order chi connectivity index (χ1) is 7.90. The Morgan fingerprint density at radius 1 is 0.812 bits per heavy atom. The summed E-state index contributed by atoms with van der Waals surface area (Å²) in [6.45, 7) is 0. The zero-order valence-corrected chi connectivity index (χ0v) is 8.93. The minimum atomic E-state index is 0.926. The van der Waals surface area contributed by atoms with Crippen molar-refractivity contribution >= 4 is 17.8 Å². The van der Waals surface area contributed by atoms with Crippen LogP contribution in [0.1, 0.15) is 11.1 Å². The summed E-state index contributed by atoms with van der Waals surface area (Å²) in [5.41, 5.74) is 5.86. The zero-order valence-electron chi connectivity index (χ0n) is 8.93. The Bertz CT molecular complexity index is 475. The van der Waals surface area contributed by atoms with Crippen molar-refractivity contribution in [3.63, 3.8) is 0 Å². The second kappa shape index (κ2) is 5.14. The molecule has 0 spiro atoms. The third kappa shape index (κ3) is 2.49. The molecule has 2 heteroatoms. The number of anilines is 1. The molecule has 2 nitrogen and oxygen atoms in total. The van der Waals surface area contributed by atoms with Crippen molar-refractivity contribution in [3.8, 4) is 0 Å². The van der Waals surface area contributed by atoms with Crippen LogP contribution in [0.2, 0.25) is 0 Å². The van der Waals surface area contributed by atoms with Gasteiger partial charge in [-0.1, -0.05) is 60.7 Å². The predicted molar refractivity (Wildman–Crippen MR) is 69.6 cm³/mol. The molecule has 3 N–H and O–H groups in total. The molecule has 0 unspecified atom stereocenters. The van der Waals surface area contributed by atoms with Crippen molar-refractivity contribution in [1.82, 2.24) is 0 Å². The molecular weight excluding hydrogens is 196 g/mol. The Kier molecular flexibility index (Phi) is 3.36. The first kappa shape index (κ1) is 10.5. The molecular formula is C14H14N2. The predicted octanol–water partition coefficient (Wildman–Crippen LogP) is 3.14. The van der Waals surface area contributed by atoms with E-state index < -0.39 is 0 Å². The maximum Gasteiger partial charge on any atom is 0.0557 e. The van der Waals surface area contributed by atoms with Crippen LogP contribution in [-0.4, -0.2) is 0 Å². The molecule has 0 radical (unpaired) electrons. The number of hydrazine groups is 1. The highest BCUT2D eigenvalue weighted by atomic mass is 15.2. The van der Waals surface area contributed by atoms with Gasteiger partial charge in [0, 0.05) is 0 Å². The number of nitrogens with one attached hydrogen (secondary N) is 1. The summed E-state index contributed by atoms with van der Waals surface area (Å²) in [6.07, 6.45) is 4.11. The summed E-state index contributed by atoms with van der Waals surface area (Å²) in [5, 5.41) is 0. The molecule has 0 amide bonds. The Labute approximate surface area is 95.4 Å². The van der Waals surface area contributed by atoms with E-state index in [-0.39, 0.29) is 0 Å². The highest BCUT2D eigenvalue weighted by Gasteiger charge is 1.94. The molecule has 2 aromatic rings. The Morgan fingerprint density at radius 2 is 1.50 bits per heavy atom. The van der Waals surface area contributed by atoms with Crippen LogP contribution in [0.3, 0.4) is 0 Å². The van der Waals surface area contributed by atoms with E-state index in [1.165, 1.54) is 5.56 Å². The SMILES string of the molecule is NNc1ccccc1C=Cc1ccccc1. The lowest BCUT2D eigenvalue weighted by molar-refractivity contribution is 1.35. The van der Waals surface area contributed by atoms with Gasteiger partial charge in [0.25, 0.3) is 0 Å². The van der Waals surface area contributed by atoms with Crippen LogP contribution in [-0.2, 0) is 0 Å². The van der Waals surface area contributed by atoms with E-state index in [2.05, 4.69) is 23.6 Å². The van der Waals surface area contributed by atoms with Crippen molar-refractivity contribution in [3.05, 3.63) is 65.7 Å². The molecule has 0 aliphatic rings. The lowest BCUT2D eigenvalue weighted by Gasteiger charge is -2.03. The molecule has 0 bridgehead atoms. The van der Waals surface area contributed by atoms with Gasteiger partial charge in [-0.25, -0.2) is 0 Å². The average molecular weight is 210 g/mol. The first-order valence-electron chi connectivity index (χ1n) is 5.19. The minimum absolute atomic E-state index is 0.926. The summed E-state index contributed by atoms with van der Waals surface area (Å²) in [7, 11) is 0. The van der Waals surface area contributed by atoms with Crippen LogP contribution in [0.15, 0.2) is 54.6 Å². The minimum Gasteiger partial charge on any atom is -0.324 e. The summed E-state index contributed by atoms with van der Waals surface area (Å²) in [6, 6.07) is 18.1. The van der Waals surface area contributed by atoms with Crippen LogP contribution < -0.4 is 11.3 Å². The smallest absolute Gasteiger partial charge is 0.0557 e. The van der Waals surface area contributed by atoms with E-state index in [1.54, 1.807) is 0 Å². The van der Waals surface area contributed by atoms with E-state index in [4.69, 9.17) is 5.84 Å². The van der Waals surface area contributed by atoms with E-state index in [1.807, 2.05) is 48.5 Å². The van der Waals surface area contributed by atoms with Crippen molar-refractivity contribution in [2.75, 3.05) is 5.43 Å². The standard InChI is InChI=1S/C14H14N2/c15-16-14-9-5-4-8-13(14)11-10-12-6-2-1-3-7-12/h1-11,16H,15H2. The molecule has 0 saturated heterocycles. The second-order valence-corrected chi connectivity index (χ2v) is 3.48. The van der Waals surface area contributed by atoms with Gasteiger partial charge in [0.15, 0.2) is 0 Å². The summed E-state index contributed by atoms with van der Waals surface area (Å²) in [5.74, 6) is 5.44. The quantitative estimate of drug-likeness (QED) is 0.464. The normalized spacial score (nSPS) is 10.6. The number of nitrogens with two attached hydrogens (primary N) is 1. The van der Waals surface area contributed by atoms with Gasteiger partial charge in [-0.15, -0.1) is 0 Å². The molecule has 0 atom stereocenters. The Balaban J connectivity index is 2.24. The topological polar surface area (TPSA) is 38.0 Å². The van der Waals surface area contributed by atoms with Gasteiger partial charge in [-0.3, -0.25) is 5.84 Å². The number of rotatable bonds is 3.